The lowest BCUT2D eigenvalue weighted by atomic mass is 10.0. The monoisotopic (exact) mass is 234 g/mol. The molecule has 0 fully saturated rings. The second-order valence-corrected chi connectivity index (χ2v) is 3.84. The predicted octanol–water partition coefficient (Wildman–Crippen LogP) is 3.90. The second-order valence-electron chi connectivity index (χ2n) is 3.84. The van der Waals surface area contributed by atoms with Crippen LogP contribution in [-0.2, 0) is 6.42 Å². The summed E-state index contributed by atoms with van der Waals surface area (Å²) in [6.45, 7) is 2.04. The Morgan fingerprint density at radius 3 is 2.18 bits per heavy atom. The molecule has 3 heteroatoms. The fourth-order valence-corrected chi connectivity index (χ4v) is 1.67. The number of halogens is 2. The minimum Gasteiger partial charge on any atom is -0.505 e. The maximum atomic E-state index is 13.1. The zero-order valence-corrected chi connectivity index (χ0v) is 9.37. The van der Waals surface area contributed by atoms with Crippen molar-refractivity contribution in [2.24, 2.45) is 0 Å². The molecule has 0 aliphatic heterocycles. The molecule has 88 valence electrons. The van der Waals surface area contributed by atoms with E-state index in [-0.39, 0.29) is 0 Å². The molecule has 0 unspecified atom stereocenters. The van der Waals surface area contributed by atoms with Gasteiger partial charge in [-0.3, -0.25) is 0 Å². The van der Waals surface area contributed by atoms with Gasteiger partial charge in [-0.25, -0.2) is 4.39 Å². The lowest BCUT2D eigenvalue weighted by Gasteiger charge is -2.05. The van der Waals surface area contributed by atoms with Crippen LogP contribution in [0.3, 0.4) is 0 Å². The van der Waals surface area contributed by atoms with Crippen molar-refractivity contribution in [3.05, 3.63) is 53.6 Å². The highest BCUT2D eigenvalue weighted by Gasteiger charge is 2.10. The maximum absolute atomic E-state index is 13.1. The largest absolute Gasteiger partial charge is 0.505 e. The van der Waals surface area contributed by atoms with E-state index in [2.05, 4.69) is 0 Å². The first-order valence-electron chi connectivity index (χ1n) is 5.39. The van der Waals surface area contributed by atoms with Crippen molar-refractivity contribution in [3.63, 3.8) is 0 Å². The molecule has 0 radical (unpaired) electrons. The number of hydrogen-bond donors (Lipinski definition) is 1. The highest BCUT2D eigenvalue weighted by molar-refractivity contribution is 5.65. The van der Waals surface area contributed by atoms with Gasteiger partial charge in [-0.1, -0.05) is 31.2 Å². The fourth-order valence-electron chi connectivity index (χ4n) is 1.67. The van der Waals surface area contributed by atoms with Crippen molar-refractivity contribution < 1.29 is 13.9 Å². The van der Waals surface area contributed by atoms with Gasteiger partial charge in [-0.2, -0.15) is 4.39 Å². The van der Waals surface area contributed by atoms with Gasteiger partial charge in [-0.05, 0) is 35.2 Å². The van der Waals surface area contributed by atoms with Crippen LogP contribution in [0.15, 0.2) is 36.4 Å². The van der Waals surface area contributed by atoms with Crippen molar-refractivity contribution in [1.29, 1.82) is 0 Å². The van der Waals surface area contributed by atoms with Gasteiger partial charge in [0.2, 0.25) is 0 Å². The summed E-state index contributed by atoms with van der Waals surface area (Å²) in [6.07, 6.45) is 0.920. The maximum Gasteiger partial charge on any atom is 0.200 e. The van der Waals surface area contributed by atoms with Crippen molar-refractivity contribution in [1.82, 2.24) is 0 Å². The van der Waals surface area contributed by atoms with Crippen molar-refractivity contribution in [2.75, 3.05) is 0 Å². The number of phenolic OH excluding ortho intramolecular Hbond substituents is 1. The number of rotatable bonds is 2. The third kappa shape index (κ3) is 2.28. The Hall–Kier alpha value is -1.90. The molecule has 1 nitrogen and oxygen atoms in total. The quantitative estimate of drug-likeness (QED) is 0.835. The van der Waals surface area contributed by atoms with Gasteiger partial charge in [0.05, 0.1) is 0 Å². The van der Waals surface area contributed by atoms with Crippen LogP contribution in [0.25, 0.3) is 11.1 Å². The van der Waals surface area contributed by atoms with E-state index in [1.165, 1.54) is 11.6 Å². The molecule has 0 saturated carbocycles. The van der Waals surface area contributed by atoms with E-state index in [0.29, 0.717) is 5.56 Å². The summed E-state index contributed by atoms with van der Waals surface area (Å²) in [6, 6.07) is 9.80. The first kappa shape index (κ1) is 11.6. The van der Waals surface area contributed by atoms with Crippen molar-refractivity contribution in [2.45, 2.75) is 13.3 Å². The highest BCUT2D eigenvalue weighted by atomic mass is 19.2. The number of aryl methyl sites for hydroxylation is 1. The van der Waals surface area contributed by atoms with Crippen LogP contribution in [0.2, 0.25) is 0 Å². The van der Waals surface area contributed by atoms with Gasteiger partial charge in [0.15, 0.2) is 17.4 Å². The minimum atomic E-state index is -1.21. The van der Waals surface area contributed by atoms with Crippen LogP contribution in [-0.4, -0.2) is 5.11 Å². The van der Waals surface area contributed by atoms with Gasteiger partial charge in [0.25, 0.3) is 0 Å². The molecule has 2 aromatic carbocycles. The van der Waals surface area contributed by atoms with E-state index in [1.807, 2.05) is 31.2 Å². The molecular formula is C14H12F2O. The molecule has 0 aliphatic carbocycles. The lowest BCUT2D eigenvalue weighted by Crippen LogP contribution is -1.88. The summed E-state index contributed by atoms with van der Waals surface area (Å²) in [5.74, 6) is -2.92. The second kappa shape index (κ2) is 4.53. The van der Waals surface area contributed by atoms with Crippen LogP contribution in [0.1, 0.15) is 12.5 Å². The molecule has 0 atom stereocenters. The Bertz CT molecular complexity index is 509. The fraction of sp³-hybridized carbons (Fsp3) is 0.143. The van der Waals surface area contributed by atoms with E-state index in [9.17, 15) is 13.9 Å². The molecule has 2 aromatic rings. The van der Waals surface area contributed by atoms with Gasteiger partial charge >= 0.3 is 0 Å². The number of hydrogen-bond acceptors (Lipinski definition) is 1. The summed E-state index contributed by atoms with van der Waals surface area (Å²) in [7, 11) is 0. The molecule has 0 aliphatic rings. The van der Waals surface area contributed by atoms with E-state index in [4.69, 9.17) is 0 Å². The first-order valence-corrected chi connectivity index (χ1v) is 5.39. The molecule has 0 heterocycles. The van der Waals surface area contributed by atoms with Crippen LogP contribution in [0, 0.1) is 11.6 Å². The zero-order valence-electron chi connectivity index (χ0n) is 9.37. The molecule has 0 bridgehead atoms. The minimum absolute atomic E-state index is 0.462. The summed E-state index contributed by atoms with van der Waals surface area (Å²) in [4.78, 5) is 0. The number of phenols is 1. The molecule has 17 heavy (non-hydrogen) atoms. The Labute approximate surface area is 98.3 Å². The Kier molecular flexibility index (Phi) is 3.09. The molecule has 0 spiro atoms. The smallest absolute Gasteiger partial charge is 0.200 e. The zero-order chi connectivity index (χ0) is 12.4. The lowest BCUT2D eigenvalue weighted by molar-refractivity contribution is 0.407. The van der Waals surface area contributed by atoms with Gasteiger partial charge < -0.3 is 5.11 Å². The van der Waals surface area contributed by atoms with Crippen LogP contribution in [0.4, 0.5) is 8.78 Å². The average Bonchev–Trinajstić information content (AvgIpc) is 2.35. The van der Waals surface area contributed by atoms with Crippen LogP contribution < -0.4 is 0 Å². The summed E-state index contributed by atoms with van der Waals surface area (Å²) in [5.41, 5.74) is 2.38. The highest BCUT2D eigenvalue weighted by Crippen LogP contribution is 2.28. The predicted molar refractivity (Wildman–Crippen MR) is 62.8 cm³/mol. The summed E-state index contributed by atoms with van der Waals surface area (Å²) in [5, 5.41) is 9.23. The number of aromatic hydroxyl groups is 1. The Balaban J connectivity index is 2.45. The SMILES string of the molecule is CCc1ccc(-c2cc(O)c(F)c(F)c2)cc1. The van der Waals surface area contributed by atoms with Crippen LogP contribution in [0.5, 0.6) is 5.75 Å². The average molecular weight is 234 g/mol. The Morgan fingerprint density at radius 2 is 1.65 bits per heavy atom. The normalized spacial score (nSPS) is 10.5. The molecule has 2 rings (SSSR count). The summed E-state index contributed by atoms with van der Waals surface area (Å²) < 4.78 is 26.1. The molecular weight excluding hydrogens is 222 g/mol. The third-order valence-electron chi connectivity index (χ3n) is 2.70. The topological polar surface area (TPSA) is 20.2 Å². The summed E-state index contributed by atoms with van der Waals surface area (Å²) >= 11 is 0. The van der Waals surface area contributed by atoms with Crippen LogP contribution >= 0.6 is 0 Å². The standard InChI is InChI=1S/C14H12F2O/c1-2-9-3-5-10(6-4-9)11-7-12(15)14(16)13(17)8-11/h3-8,17H,2H2,1H3. The third-order valence-corrected chi connectivity index (χ3v) is 2.70. The van der Waals surface area contributed by atoms with E-state index in [1.54, 1.807) is 0 Å². The molecule has 0 amide bonds. The van der Waals surface area contributed by atoms with Gasteiger partial charge in [0.1, 0.15) is 0 Å². The number of benzene rings is 2. The van der Waals surface area contributed by atoms with Crippen molar-refractivity contribution >= 4 is 0 Å². The molecule has 0 saturated heterocycles. The first-order chi connectivity index (χ1) is 8.11. The van der Waals surface area contributed by atoms with Gasteiger partial charge in [-0.15, -0.1) is 0 Å². The molecule has 0 aromatic heterocycles. The molecule has 1 N–H and O–H groups in total. The Morgan fingerprint density at radius 1 is 1.00 bits per heavy atom. The van der Waals surface area contributed by atoms with E-state index < -0.39 is 17.4 Å². The van der Waals surface area contributed by atoms with Gasteiger partial charge in [0, 0.05) is 0 Å². The van der Waals surface area contributed by atoms with Crippen molar-refractivity contribution in [3.8, 4) is 16.9 Å². The van der Waals surface area contributed by atoms with E-state index >= 15 is 0 Å². The van der Waals surface area contributed by atoms with E-state index in [0.717, 1.165) is 18.1 Å².